The Hall–Kier alpha value is -1.63. The van der Waals surface area contributed by atoms with Crippen molar-refractivity contribution in [3.63, 3.8) is 0 Å². The first-order valence-electron chi connectivity index (χ1n) is 9.41. The van der Waals surface area contributed by atoms with Crippen LogP contribution in [0.4, 0.5) is 0 Å². The monoisotopic (exact) mass is 352 g/mol. The topological polar surface area (TPSA) is 87.2 Å². The highest BCUT2D eigenvalue weighted by Crippen LogP contribution is 2.26. The quantitative estimate of drug-likeness (QED) is 0.822. The number of likely N-dealkylation sites (tertiary alicyclic amines) is 2. The maximum atomic E-state index is 12.6. The molecule has 1 N–H and O–H groups in total. The summed E-state index contributed by atoms with van der Waals surface area (Å²) >= 11 is 0. The molecule has 0 unspecified atom stereocenters. The fraction of sp³-hybridized carbons (Fsp3) is 0.833. The third-order valence-electron chi connectivity index (χ3n) is 5.82. The number of carbonyl (C=O) groups is 3. The van der Waals surface area contributed by atoms with Crippen molar-refractivity contribution in [2.75, 3.05) is 26.2 Å². The minimum absolute atomic E-state index is 0.00807. The lowest BCUT2D eigenvalue weighted by atomic mass is 9.92. The number of nitrogens with zero attached hydrogens (tertiary/aromatic N) is 2. The first kappa shape index (κ1) is 18.2. The Balaban J connectivity index is 1.46. The van der Waals surface area contributed by atoms with Crippen molar-refractivity contribution in [2.45, 2.75) is 57.7 Å². The van der Waals surface area contributed by atoms with Crippen LogP contribution in [-0.4, -0.2) is 71.1 Å². The summed E-state index contributed by atoms with van der Waals surface area (Å²) in [5.41, 5.74) is 0. The fourth-order valence-electron chi connectivity index (χ4n) is 4.04. The second-order valence-electron chi connectivity index (χ2n) is 7.64. The molecule has 0 spiro atoms. The lowest BCUT2D eigenvalue weighted by molar-refractivity contribution is -0.156. The number of hydrogen-bond donors (Lipinski definition) is 1. The number of rotatable bonds is 3. The van der Waals surface area contributed by atoms with E-state index in [1.807, 2.05) is 4.90 Å². The molecule has 140 valence electrons. The van der Waals surface area contributed by atoms with E-state index < -0.39 is 18.2 Å². The molecule has 3 fully saturated rings. The minimum atomic E-state index is -1.00. The standard InChI is InChI=1S/C18H28N2O5/c1-12-4-8-19(9-5-12)16(21)13-6-10-20(11-7-13)17(22)14-2-3-15(25-14)18(23)24/h12-15H,2-11H2,1H3,(H,23,24)/t14-,15+/m0/s1. The molecule has 0 bridgehead atoms. The average Bonchev–Trinajstić information content (AvgIpc) is 3.12. The highest BCUT2D eigenvalue weighted by Gasteiger charge is 2.38. The number of carboxylic acid groups (broad SMARTS) is 1. The molecule has 0 aromatic heterocycles. The zero-order chi connectivity index (χ0) is 18.0. The predicted octanol–water partition coefficient (Wildman–Crippen LogP) is 1.12. The highest BCUT2D eigenvalue weighted by atomic mass is 16.5. The maximum absolute atomic E-state index is 12.6. The van der Waals surface area contributed by atoms with Gasteiger partial charge in [-0.05, 0) is 44.4 Å². The first-order chi connectivity index (χ1) is 12.0. The number of ether oxygens (including phenoxy) is 1. The van der Waals surface area contributed by atoms with Crippen LogP contribution in [0.5, 0.6) is 0 Å². The molecule has 2 atom stereocenters. The molecule has 0 saturated carbocycles. The summed E-state index contributed by atoms with van der Waals surface area (Å²) in [6, 6.07) is 0. The van der Waals surface area contributed by atoms with Gasteiger partial charge in [0.15, 0.2) is 6.10 Å². The van der Waals surface area contributed by atoms with Crippen LogP contribution in [-0.2, 0) is 19.1 Å². The Bertz CT molecular complexity index is 522. The van der Waals surface area contributed by atoms with Gasteiger partial charge < -0.3 is 19.6 Å². The van der Waals surface area contributed by atoms with Gasteiger partial charge in [0.25, 0.3) is 5.91 Å². The van der Waals surface area contributed by atoms with Crippen LogP contribution in [0.3, 0.4) is 0 Å². The Morgan fingerprint density at radius 1 is 0.800 bits per heavy atom. The van der Waals surface area contributed by atoms with E-state index in [0.29, 0.717) is 44.7 Å². The Morgan fingerprint density at radius 3 is 1.88 bits per heavy atom. The second-order valence-corrected chi connectivity index (χ2v) is 7.64. The molecule has 3 heterocycles. The fourth-order valence-corrected chi connectivity index (χ4v) is 4.04. The first-order valence-corrected chi connectivity index (χ1v) is 9.41. The van der Waals surface area contributed by atoms with E-state index >= 15 is 0 Å². The van der Waals surface area contributed by atoms with Crippen molar-refractivity contribution in [1.29, 1.82) is 0 Å². The molecule has 25 heavy (non-hydrogen) atoms. The van der Waals surface area contributed by atoms with Crippen LogP contribution in [0.2, 0.25) is 0 Å². The van der Waals surface area contributed by atoms with Crippen LogP contribution < -0.4 is 0 Å². The van der Waals surface area contributed by atoms with Crippen molar-refractivity contribution in [1.82, 2.24) is 9.80 Å². The largest absolute Gasteiger partial charge is 0.479 e. The van der Waals surface area contributed by atoms with Gasteiger partial charge in [-0.1, -0.05) is 6.92 Å². The molecule has 3 aliphatic heterocycles. The van der Waals surface area contributed by atoms with Crippen LogP contribution in [0, 0.1) is 11.8 Å². The van der Waals surface area contributed by atoms with E-state index in [2.05, 4.69) is 6.92 Å². The number of carbonyl (C=O) groups excluding carboxylic acids is 2. The van der Waals surface area contributed by atoms with Crippen molar-refractivity contribution in [2.24, 2.45) is 11.8 Å². The van der Waals surface area contributed by atoms with E-state index in [-0.39, 0.29) is 17.7 Å². The van der Waals surface area contributed by atoms with E-state index in [9.17, 15) is 14.4 Å². The number of amides is 2. The summed E-state index contributed by atoms with van der Waals surface area (Å²) in [5, 5.41) is 8.97. The molecule has 0 aromatic carbocycles. The van der Waals surface area contributed by atoms with Crippen molar-refractivity contribution >= 4 is 17.8 Å². The van der Waals surface area contributed by atoms with E-state index in [4.69, 9.17) is 9.84 Å². The molecule has 7 heteroatoms. The normalized spacial score (nSPS) is 29.0. The smallest absolute Gasteiger partial charge is 0.332 e. The number of aliphatic carboxylic acids is 1. The van der Waals surface area contributed by atoms with Crippen molar-refractivity contribution < 1.29 is 24.2 Å². The Morgan fingerprint density at radius 2 is 1.32 bits per heavy atom. The molecule has 0 aromatic rings. The van der Waals surface area contributed by atoms with Gasteiger partial charge in [0, 0.05) is 32.1 Å². The minimum Gasteiger partial charge on any atom is -0.479 e. The summed E-state index contributed by atoms with van der Waals surface area (Å²) in [5.74, 6) is -0.183. The van der Waals surface area contributed by atoms with Gasteiger partial charge >= 0.3 is 5.97 Å². The molecule has 0 aliphatic carbocycles. The van der Waals surface area contributed by atoms with Crippen LogP contribution in [0.1, 0.15) is 45.4 Å². The van der Waals surface area contributed by atoms with Gasteiger partial charge in [-0.2, -0.15) is 0 Å². The van der Waals surface area contributed by atoms with Crippen molar-refractivity contribution in [3.8, 4) is 0 Å². The molecule has 2 amide bonds. The second kappa shape index (κ2) is 7.72. The summed E-state index contributed by atoms with van der Waals surface area (Å²) < 4.78 is 5.35. The Kier molecular flexibility index (Phi) is 5.61. The number of piperidine rings is 2. The molecule has 3 rings (SSSR count). The molecular weight excluding hydrogens is 324 g/mol. The van der Waals surface area contributed by atoms with Crippen LogP contribution in [0.15, 0.2) is 0 Å². The van der Waals surface area contributed by atoms with Gasteiger partial charge in [0.05, 0.1) is 0 Å². The molecular formula is C18H28N2O5. The van der Waals surface area contributed by atoms with Gasteiger partial charge in [-0.3, -0.25) is 9.59 Å². The van der Waals surface area contributed by atoms with Crippen molar-refractivity contribution in [3.05, 3.63) is 0 Å². The summed E-state index contributed by atoms with van der Waals surface area (Å²) in [4.78, 5) is 39.8. The van der Waals surface area contributed by atoms with Crippen LogP contribution >= 0.6 is 0 Å². The summed E-state index contributed by atoms with van der Waals surface area (Å²) in [7, 11) is 0. The zero-order valence-corrected chi connectivity index (χ0v) is 14.9. The third-order valence-corrected chi connectivity index (χ3v) is 5.82. The number of carboxylic acids is 1. The maximum Gasteiger partial charge on any atom is 0.332 e. The Labute approximate surface area is 148 Å². The predicted molar refractivity (Wildman–Crippen MR) is 89.8 cm³/mol. The lowest BCUT2D eigenvalue weighted by Crippen LogP contribution is -2.48. The number of hydrogen-bond acceptors (Lipinski definition) is 4. The van der Waals surface area contributed by atoms with Gasteiger partial charge in [-0.15, -0.1) is 0 Å². The molecule has 7 nitrogen and oxygen atoms in total. The molecule has 3 saturated heterocycles. The molecule has 3 aliphatic rings. The van der Waals surface area contributed by atoms with Gasteiger partial charge in [0.1, 0.15) is 6.10 Å². The third kappa shape index (κ3) is 4.14. The summed E-state index contributed by atoms with van der Waals surface area (Å²) in [6.45, 7) is 5.04. The van der Waals surface area contributed by atoms with E-state index in [1.54, 1.807) is 4.90 Å². The van der Waals surface area contributed by atoms with Gasteiger partial charge in [-0.25, -0.2) is 4.79 Å². The van der Waals surface area contributed by atoms with E-state index in [1.165, 1.54) is 0 Å². The average molecular weight is 352 g/mol. The summed E-state index contributed by atoms with van der Waals surface area (Å²) in [6.07, 6.45) is 2.86. The SMILES string of the molecule is CC1CCN(C(=O)C2CCN(C(=O)[C@@H]3CC[C@H](C(=O)O)O3)CC2)CC1. The van der Waals surface area contributed by atoms with E-state index in [0.717, 1.165) is 25.9 Å². The molecule has 0 radical (unpaired) electrons. The zero-order valence-electron chi connectivity index (χ0n) is 14.9. The lowest BCUT2D eigenvalue weighted by Gasteiger charge is -2.37. The highest BCUT2D eigenvalue weighted by molar-refractivity contribution is 5.83. The van der Waals surface area contributed by atoms with Gasteiger partial charge in [0.2, 0.25) is 5.91 Å². The van der Waals surface area contributed by atoms with Crippen LogP contribution in [0.25, 0.3) is 0 Å².